The van der Waals surface area contributed by atoms with Gasteiger partial charge in [0, 0.05) is 36.6 Å². The van der Waals surface area contributed by atoms with Crippen LogP contribution in [-0.2, 0) is 20.1 Å². The number of carboxylic acids is 1. The predicted molar refractivity (Wildman–Crippen MR) is 136 cm³/mol. The third kappa shape index (κ3) is 5.78. The molecule has 1 aliphatic heterocycles. The van der Waals surface area contributed by atoms with E-state index in [2.05, 4.69) is 24.5 Å². The van der Waals surface area contributed by atoms with Gasteiger partial charge < -0.3 is 15.4 Å². The Morgan fingerprint density at radius 1 is 1.23 bits per heavy atom. The van der Waals surface area contributed by atoms with Crippen LogP contribution < -0.4 is 5.73 Å². The lowest BCUT2D eigenvalue weighted by atomic mass is 9.91. The maximum Gasteiger partial charge on any atom is 0.490 e. The Morgan fingerprint density at radius 2 is 1.82 bits per heavy atom. The SMILES string of the molecule is CN=S1(=O)C[C@@](C)(c2cc(-c3cc(-c4ncc(C#N)cn4)no3)ccc2F)N=C(N)C1(C)C.O=C(O)C(F)(F)F. The van der Waals surface area contributed by atoms with E-state index in [1.807, 2.05) is 6.07 Å². The molecule has 3 N–H and O–H groups in total. The molecule has 1 aliphatic rings. The second-order valence-electron chi connectivity index (χ2n) is 9.23. The zero-order chi connectivity index (χ0) is 30.1. The van der Waals surface area contributed by atoms with Gasteiger partial charge in [-0.3, -0.25) is 4.99 Å². The maximum absolute atomic E-state index is 15.0. The minimum atomic E-state index is -5.08. The van der Waals surface area contributed by atoms with Gasteiger partial charge in [-0.1, -0.05) is 5.16 Å². The quantitative estimate of drug-likeness (QED) is 0.434. The highest BCUT2D eigenvalue weighted by molar-refractivity contribution is 7.95. The topological polar surface area (TPSA) is 181 Å². The van der Waals surface area contributed by atoms with Gasteiger partial charge in [-0.2, -0.15) is 18.4 Å². The number of nitrogens with two attached hydrogens (primary N) is 1. The molecule has 0 aliphatic carbocycles. The maximum atomic E-state index is 15.0. The number of benzene rings is 1. The number of aliphatic carboxylic acids is 1. The van der Waals surface area contributed by atoms with E-state index in [1.165, 1.54) is 25.5 Å². The Bertz CT molecular complexity index is 1640. The number of nitrogens with zero attached hydrogens (tertiary/aromatic N) is 6. The first-order chi connectivity index (χ1) is 18.5. The normalized spacial score (nSPS) is 21.8. The van der Waals surface area contributed by atoms with Crippen LogP contribution in [0.15, 0.2) is 50.5 Å². The lowest BCUT2D eigenvalue weighted by Gasteiger charge is -2.40. The van der Waals surface area contributed by atoms with Crippen LogP contribution in [0, 0.1) is 17.1 Å². The van der Waals surface area contributed by atoms with Crippen LogP contribution >= 0.6 is 0 Å². The van der Waals surface area contributed by atoms with E-state index < -0.39 is 38.0 Å². The fourth-order valence-electron chi connectivity index (χ4n) is 3.71. The van der Waals surface area contributed by atoms with Crippen molar-refractivity contribution in [2.75, 3.05) is 12.8 Å². The van der Waals surface area contributed by atoms with Crippen molar-refractivity contribution in [3.63, 3.8) is 0 Å². The molecular formula is C24H23F4N7O4S. The minimum Gasteiger partial charge on any atom is -0.475 e. The number of amidine groups is 1. The number of carbonyl (C=O) groups is 1. The van der Waals surface area contributed by atoms with Crippen LogP contribution in [0.3, 0.4) is 0 Å². The van der Waals surface area contributed by atoms with E-state index in [0.717, 1.165) is 0 Å². The average Bonchev–Trinajstić information content (AvgIpc) is 3.38. The fourth-order valence-corrected chi connectivity index (χ4v) is 6.02. The summed E-state index contributed by atoms with van der Waals surface area (Å²) in [5.74, 6) is -2.44. The molecular weight excluding hydrogens is 558 g/mol. The van der Waals surface area contributed by atoms with Gasteiger partial charge in [0.15, 0.2) is 17.3 Å². The smallest absolute Gasteiger partial charge is 0.475 e. The molecule has 0 fully saturated rings. The monoisotopic (exact) mass is 581 g/mol. The van der Waals surface area contributed by atoms with Gasteiger partial charge in [0.2, 0.25) is 0 Å². The minimum absolute atomic E-state index is 0.0192. The van der Waals surface area contributed by atoms with Crippen molar-refractivity contribution >= 4 is 21.5 Å². The summed E-state index contributed by atoms with van der Waals surface area (Å²) in [6, 6.07) is 8.00. The first kappa shape index (κ1) is 30.2. The highest BCUT2D eigenvalue weighted by Crippen LogP contribution is 2.40. The Morgan fingerprint density at radius 3 is 2.35 bits per heavy atom. The van der Waals surface area contributed by atoms with E-state index in [4.69, 9.17) is 25.4 Å². The second kappa shape index (κ2) is 10.6. The van der Waals surface area contributed by atoms with Crippen molar-refractivity contribution in [3.8, 4) is 28.9 Å². The molecule has 0 spiro atoms. The molecule has 0 saturated carbocycles. The van der Waals surface area contributed by atoms with E-state index >= 15 is 4.39 Å². The van der Waals surface area contributed by atoms with Crippen molar-refractivity contribution in [1.82, 2.24) is 15.1 Å². The molecule has 1 aromatic carbocycles. The molecule has 16 heteroatoms. The number of aromatic nitrogens is 3. The number of alkyl halides is 3. The summed E-state index contributed by atoms with van der Waals surface area (Å²) in [5, 5.41) is 20.0. The molecule has 2 atom stereocenters. The van der Waals surface area contributed by atoms with Gasteiger partial charge in [-0.15, -0.1) is 0 Å². The summed E-state index contributed by atoms with van der Waals surface area (Å²) in [6.07, 6.45) is -2.31. The number of rotatable bonds is 3. The Kier molecular flexibility index (Phi) is 8.02. The van der Waals surface area contributed by atoms with E-state index in [1.54, 1.807) is 39.0 Å². The zero-order valence-corrected chi connectivity index (χ0v) is 22.3. The van der Waals surface area contributed by atoms with Crippen LogP contribution in [0.1, 0.15) is 31.9 Å². The standard InChI is InChI=1S/C22H22FN7O2S.C2HF3O2/c1-21(2)20(25)29-22(3,12-33(21,31)26-4)15-7-14(5-6-16(15)23)18-8-17(30-32-18)19-27-10-13(9-24)11-28-19;3-2(4,5)1(6)7/h5-8,10-11H,12H2,1-4H3,(H2,25,29);(H,6,7)/t22-,33?;/m0./s1. The van der Waals surface area contributed by atoms with Crippen molar-refractivity contribution in [2.45, 2.75) is 37.2 Å². The number of halogens is 4. The van der Waals surface area contributed by atoms with Gasteiger partial charge in [0.25, 0.3) is 0 Å². The Labute approximate surface area is 225 Å². The zero-order valence-electron chi connectivity index (χ0n) is 21.5. The molecule has 11 nitrogen and oxygen atoms in total. The van der Waals surface area contributed by atoms with Gasteiger partial charge in [0.05, 0.1) is 21.0 Å². The van der Waals surface area contributed by atoms with Crippen molar-refractivity contribution in [3.05, 3.63) is 53.6 Å². The lowest BCUT2D eigenvalue weighted by Crippen LogP contribution is -2.54. The summed E-state index contributed by atoms with van der Waals surface area (Å²) in [7, 11) is -1.33. The number of carboxylic acid groups (broad SMARTS) is 1. The molecule has 1 unspecified atom stereocenters. The highest BCUT2D eigenvalue weighted by atomic mass is 32.2. The molecule has 4 rings (SSSR count). The number of hydrogen-bond acceptors (Lipinski definition) is 10. The third-order valence-corrected chi connectivity index (χ3v) is 9.49. The van der Waals surface area contributed by atoms with Crippen LogP contribution in [0.2, 0.25) is 0 Å². The van der Waals surface area contributed by atoms with E-state index in [-0.39, 0.29) is 23.0 Å². The molecule has 0 saturated heterocycles. The lowest BCUT2D eigenvalue weighted by molar-refractivity contribution is -0.192. The van der Waals surface area contributed by atoms with Crippen LogP contribution in [0.5, 0.6) is 0 Å². The van der Waals surface area contributed by atoms with E-state index in [0.29, 0.717) is 22.6 Å². The molecule has 0 amide bonds. The summed E-state index contributed by atoms with van der Waals surface area (Å²) >= 11 is 0. The van der Waals surface area contributed by atoms with Crippen LogP contribution in [0.25, 0.3) is 22.8 Å². The van der Waals surface area contributed by atoms with Gasteiger partial charge in [-0.25, -0.2) is 27.7 Å². The van der Waals surface area contributed by atoms with Gasteiger partial charge >= 0.3 is 12.1 Å². The van der Waals surface area contributed by atoms with Crippen molar-refractivity contribution in [2.24, 2.45) is 15.1 Å². The van der Waals surface area contributed by atoms with Crippen molar-refractivity contribution < 1.29 is 36.2 Å². The molecule has 3 aromatic rings. The summed E-state index contributed by atoms with van der Waals surface area (Å²) < 4.78 is 69.0. The molecule has 3 heterocycles. The largest absolute Gasteiger partial charge is 0.490 e. The number of nitriles is 1. The van der Waals surface area contributed by atoms with Crippen molar-refractivity contribution in [1.29, 1.82) is 5.26 Å². The van der Waals surface area contributed by atoms with E-state index in [9.17, 15) is 17.4 Å². The number of hydrogen-bond donors (Lipinski definition) is 2. The summed E-state index contributed by atoms with van der Waals surface area (Å²) in [4.78, 5) is 21.7. The molecule has 40 heavy (non-hydrogen) atoms. The fraction of sp³-hybridized carbons (Fsp3) is 0.333. The molecule has 2 aromatic heterocycles. The Balaban J connectivity index is 0.000000559. The molecule has 0 radical (unpaired) electrons. The Hall–Kier alpha value is -4.39. The first-order valence-corrected chi connectivity index (χ1v) is 12.9. The first-order valence-electron chi connectivity index (χ1n) is 11.3. The van der Waals surface area contributed by atoms with Crippen LogP contribution in [0.4, 0.5) is 17.6 Å². The third-order valence-electron chi connectivity index (χ3n) is 6.15. The molecule has 212 valence electrons. The van der Waals surface area contributed by atoms with Crippen LogP contribution in [-0.4, -0.2) is 60.0 Å². The molecule has 0 bridgehead atoms. The summed E-state index contributed by atoms with van der Waals surface area (Å²) in [6.45, 7) is 5.15. The van der Waals surface area contributed by atoms with Gasteiger partial charge in [0.1, 0.15) is 28.0 Å². The average molecular weight is 582 g/mol. The highest BCUT2D eigenvalue weighted by Gasteiger charge is 2.47. The summed E-state index contributed by atoms with van der Waals surface area (Å²) in [5.41, 5.74) is 6.46. The number of aliphatic imine (C=N–C) groups is 1. The second-order valence-corrected chi connectivity index (χ2v) is 12.2. The predicted octanol–water partition coefficient (Wildman–Crippen LogP) is 3.91. The van der Waals surface area contributed by atoms with Gasteiger partial charge in [-0.05, 0) is 39.0 Å².